The van der Waals surface area contributed by atoms with Gasteiger partial charge in [-0.15, -0.1) is 22.7 Å². The zero-order valence-electron chi connectivity index (χ0n) is 18.2. The van der Waals surface area contributed by atoms with E-state index in [4.69, 9.17) is 0 Å². The highest BCUT2D eigenvalue weighted by molar-refractivity contribution is 7.26. The summed E-state index contributed by atoms with van der Waals surface area (Å²) < 4.78 is 5.43. The second kappa shape index (κ2) is 6.89. The lowest BCUT2D eigenvalue weighted by molar-refractivity contribution is 1.70. The molecule has 2 heteroatoms. The third-order valence-corrected chi connectivity index (χ3v) is 9.27. The lowest BCUT2D eigenvalue weighted by Gasteiger charge is -2.07. The van der Waals surface area contributed by atoms with E-state index in [1.54, 1.807) is 0 Å². The molecule has 0 nitrogen and oxygen atoms in total. The summed E-state index contributed by atoms with van der Waals surface area (Å²) in [5.41, 5.74) is 2.53. The van der Waals surface area contributed by atoms with Crippen LogP contribution in [-0.2, 0) is 0 Å². The van der Waals surface area contributed by atoms with Crippen molar-refractivity contribution >= 4 is 84.6 Å². The van der Waals surface area contributed by atoms with Gasteiger partial charge in [0.2, 0.25) is 0 Å². The number of thiophene rings is 2. The van der Waals surface area contributed by atoms with Gasteiger partial charge in [-0.2, -0.15) is 0 Å². The van der Waals surface area contributed by atoms with Crippen LogP contribution in [0.4, 0.5) is 0 Å². The lowest BCUT2D eigenvalue weighted by Crippen LogP contribution is -1.81. The van der Waals surface area contributed by atoms with Crippen molar-refractivity contribution in [1.29, 1.82) is 0 Å². The minimum atomic E-state index is 1.27. The summed E-state index contributed by atoms with van der Waals surface area (Å²) in [5, 5.41) is 10.6. The van der Waals surface area contributed by atoms with Crippen LogP contribution in [0.2, 0.25) is 0 Å². The maximum Gasteiger partial charge on any atom is 0.0361 e. The van der Waals surface area contributed by atoms with E-state index in [9.17, 15) is 0 Å². The maximum atomic E-state index is 2.37. The standard InChI is InChI=1S/C32H18S2/c1-3-7-29-25(5-1)27-15-23-13-19(9-11-21(23)17-31(27)33-29)20-10-12-22-18-32-28(16-24(22)14-20)26-6-2-4-8-30(26)34-32/h1-18H. The highest BCUT2D eigenvalue weighted by Gasteiger charge is 2.09. The zero-order chi connectivity index (χ0) is 22.2. The molecule has 0 radical (unpaired) electrons. The highest BCUT2D eigenvalue weighted by atomic mass is 32.1. The monoisotopic (exact) mass is 466 g/mol. The van der Waals surface area contributed by atoms with E-state index in [1.165, 1.54) is 73.0 Å². The van der Waals surface area contributed by atoms with Gasteiger partial charge in [-0.3, -0.25) is 0 Å². The summed E-state index contributed by atoms with van der Waals surface area (Å²) in [6.45, 7) is 0. The normalized spacial score (nSPS) is 12.1. The average molecular weight is 467 g/mol. The largest absolute Gasteiger partial charge is 0.135 e. The Kier molecular flexibility index (Phi) is 3.79. The molecule has 0 amide bonds. The molecule has 0 fully saturated rings. The van der Waals surface area contributed by atoms with Crippen molar-refractivity contribution in [3.05, 3.63) is 109 Å². The predicted octanol–water partition coefficient (Wildman–Crippen LogP) is 10.4. The minimum absolute atomic E-state index is 1.27. The Labute approximate surface area is 204 Å². The minimum Gasteiger partial charge on any atom is -0.135 e. The van der Waals surface area contributed by atoms with Gasteiger partial charge >= 0.3 is 0 Å². The van der Waals surface area contributed by atoms with Crippen LogP contribution in [0.1, 0.15) is 0 Å². The van der Waals surface area contributed by atoms with Crippen molar-refractivity contribution in [2.45, 2.75) is 0 Å². The summed E-state index contributed by atoms with van der Waals surface area (Å²) in [6, 6.07) is 40.6. The molecule has 0 unspecified atom stereocenters. The van der Waals surface area contributed by atoms with Gasteiger partial charge in [-0.25, -0.2) is 0 Å². The van der Waals surface area contributed by atoms with Gasteiger partial charge in [0.25, 0.3) is 0 Å². The molecule has 6 aromatic carbocycles. The van der Waals surface area contributed by atoms with Crippen LogP contribution in [0.15, 0.2) is 109 Å². The Bertz CT molecular complexity index is 1920. The number of benzene rings is 6. The van der Waals surface area contributed by atoms with Gasteiger partial charge in [0.05, 0.1) is 0 Å². The second-order valence-electron chi connectivity index (χ2n) is 9.02. The van der Waals surface area contributed by atoms with Crippen molar-refractivity contribution in [3.8, 4) is 11.1 Å². The van der Waals surface area contributed by atoms with Gasteiger partial charge in [0, 0.05) is 40.3 Å². The number of hydrogen-bond donors (Lipinski definition) is 0. The molecule has 0 aliphatic heterocycles. The van der Waals surface area contributed by atoms with Crippen LogP contribution in [0.25, 0.3) is 73.0 Å². The van der Waals surface area contributed by atoms with Crippen molar-refractivity contribution in [3.63, 3.8) is 0 Å². The molecule has 0 bridgehead atoms. The van der Waals surface area contributed by atoms with Gasteiger partial charge in [-0.1, -0.05) is 60.7 Å². The fourth-order valence-electron chi connectivity index (χ4n) is 5.30. The van der Waals surface area contributed by atoms with Gasteiger partial charge < -0.3 is 0 Å². The predicted molar refractivity (Wildman–Crippen MR) is 153 cm³/mol. The fourth-order valence-corrected chi connectivity index (χ4v) is 7.57. The van der Waals surface area contributed by atoms with E-state index >= 15 is 0 Å². The van der Waals surface area contributed by atoms with Crippen LogP contribution in [0.3, 0.4) is 0 Å². The van der Waals surface area contributed by atoms with Crippen molar-refractivity contribution in [1.82, 2.24) is 0 Å². The Morgan fingerprint density at radius 2 is 0.794 bits per heavy atom. The zero-order valence-corrected chi connectivity index (χ0v) is 19.8. The molecule has 0 saturated heterocycles. The first-order chi connectivity index (χ1) is 16.8. The summed E-state index contributed by atoms with van der Waals surface area (Å²) in [5.74, 6) is 0. The summed E-state index contributed by atoms with van der Waals surface area (Å²) in [7, 11) is 0. The third-order valence-electron chi connectivity index (χ3n) is 7.00. The van der Waals surface area contributed by atoms with E-state index in [0.29, 0.717) is 0 Å². The van der Waals surface area contributed by atoms with E-state index in [0.717, 1.165) is 0 Å². The third kappa shape index (κ3) is 2.70. The maximum absolute atomic E-state index is 2.37. The summed E-state index contributed by atoms with van der Waals surface area (Å²) >= 11 is 3.76. The molecule has 34 heavy (non-hydrogen) atoms. The second-order valence-corrected chi connectivity index (χ2v) is 11.2. The molecule has 0 spiro atoms. The molecular formula is C32H18S2. The SMILES string of the molecule is c1ccc2c(c1)sc1cc3ccc(-c4ccc5cc6sc7ccccc7c6cc5c4)cc3cc12. The molecule has 0 atom stereocenters. The quantitative estimate of drug-likeness (QED) is 0.226. The van der Waals surface area contributed by atoms with E-state index < -0.39 is 0 Å². The number of hydrogen-bond acceptors (Lipinski definition) is 2. The first-order valence-electron chi connectivity index (χ1n) is 11.5. The molecule has 0 N–H and O–H groups in total. The molecule has 0 aliphatic carbocycles. The first-order valence-corrected chi connectivity index (χ1v) is 13.1. The average Bonchev–Trinajstić information content (AvgIpc) is 3.42. The van der Waals surface area contributed by atoms with Gasteiger partial charge in [0.1, 0.15) is 0 Å². The van der Waals surface area contributed by atoms with Crippen LogP contribution in [-0.4, -0.2) is 0 Å². The van der Waals surface area contributed by atoms with Crippen LogP contribution in [0, 0.1) is 0 Å². The molecule has 0 saturated carbocycles. The van der Waals surface area contributed by atoms with Crippen molar-refractivity contribution in [2.75, 3.05) is 0 Å². The Balaban J connectivity index is 1.32. The lowest BCUT2D eigenvalue weighted by atomic mass is 9.97. The highest BCUT2D eigenvalue weighted by Crippen LogP contribution is 2.39. The van der Waals surface area contributed by atoms with Crippen LogP contribution in [0.5, 0.6) is 0 Å². The van der Waals surface area contributed by atoms with Gasteiger partial charge in [-0.05, 0) is 81.2 Å². The Morgan fingerprint density at radius 1 is 0.324 bits per heavy atom. The van der Waals surface area contributed by atoms with E-state index in [-0.39, 0.29) is 0 Å². The molecular weight excluding hydrogens is 448 g/mol. The summed E-state index contributed by atoms with van der Waals surface area (Å²) in [4.78, 5) is 0. The molecule has 2 aromatic heterocycles. The molecule has 2 heterocycles. The smallest absolute Gasteiger partial charge is 0.0361 e. The number of rotatable bonds is 1. The topological polar surface area (TPSA) is 0 Å². The first kappa shape index (κ1) is 18.7. The van der Waals surface area contributed by atoms with Crippen molar-refractivity contribution < 1.29 is 0 Å². The fraction of sp³-hybridized carbons (Fsp3) is 0. The van der Waals surface area contributed by atoms with Crippen LogP contribution >= 0.6 is 22.7 Å². The Hall–Kier alpha value is -3.72. The number of fused-ring (bicyclic) bond motifs is 8. The molecule has 158 valence electrons. The van der Waals surface area contributed by atoms with Gasteiger partial charge in [0.15, 0.2) is 0 Å². The van der Waals surface area contributed by atoms with Crippen molar-refractivity contribution in [2.24, 2.45) is 0 Å². The van der Waals surface area contributed by atoms with E-state index in [1.807, 2.05) is 22.7 Å². The van der Waals surface area contributed by atoms with E-state index in [2.05, 4.69) is 109 Å². The molecule has 8 aromatic rings. The Morgan fingerprint density at radius 3 is 1.29 bits per heavy atom. The summed E-state index contributed by atoms with van der Waals surface area (Å²) in [6.07, 6.45) is 0. The molecule has 0 aliphatic rings. The van der Waals surface area contributed by atoms with Crippen LogP contribution < -0.4 is 0 Å². The molecule has 8 rings (SSSR count).